The minimum absolute atomic E-state index is 0.0148. The summed E-state index contributed by atoms with van der Waals surface area (Å²) in [7, 11) is 0. The molecule has 11 heteroatoms. The van der Waals surface area contributed by atoms with Crippen molar-refractivity contribution in [2.24, 2.45) is 5.92 Å². The molecular formula is C20H22F3N5O3. The van der Waals surface area contributed by atoms with E-state index in [2.05, 4.69) is 10.4 Å². The van der Waals surface area contributed by atoms with E-state index in [4.69, 9.17) is 4.42 Å². The van der Waals surface area contributed by atoms with Crippen LogP contribution < -0.4 is 5.32 Å². The Morgan fingerprint density at radius 3 is 2.35 bits per heavy atom. The zero-order chi connectivity index (χ0) is 21.8. The van der Waals surface area contributed by atoms with Crippen LogP contribution in [0.2, 0.25) is 0 Å². The van der Waals surface area contributed by atoms with Gasteiger partial charge in [0.2, 0.25) is 0 Å². The molecule has 0 bridgehead atoms. The lowest BCUT2D eigenvalue weighted by Gasteiger charge is -2.34. The smallest absolute Gasteiger partial charge is 0.410 e. The molecule has 0 radical (unpaired) electrons. The number of hydrogen-bond acceptors (Lipinski definition) is 5. The summed E-state index contributed by atoms with van der Waals surface area (Å²) >= 11 is 0. The van der Waals surface area contributed by atoms with Crippen molar-refractivity contribution >= 4 is 17.6 Å². The Kier molecular flexibility index (Phi) is 4.71. The molecule has 2 fully saturated rings. The number of nitrogens with zero attached hydrogens (tertiary/aromatic N) is 4. The number of alkyl halides is 3. The first kappa shape index (κ1) is 20.0. The molecule has 2 atom stereocenters. The molecule has 0 unspecified atom stereocenters. The Bertz CT molecular complexity index is 975. The van der Waals surface area contributed by atoms with Gasteiger partial charge in [-0.2, -0.15) is 18.3 Å². The fourth-order valence-electron chi connectivity index (χ4n) is 4.35. The number of amides is 2. The van der Waals surface area contributed by atoms with Crippen molar-refractivity contribution in [2.45, 2.75) is 37.5 Å². The van der Waals surface area contributed by atoms with Crippen LogP contribution in [0.1, 0.15) is 46.3 Å². The van der Waals surface area contributed by atoms with E-state index in [1.165, 1.54) is 17.2 Å². The second-order valence-electron chi connectivity index (χ2n) is 8.30. The Morgan fingerprint density at radius 1 is 1.10 bits per heavy atom. The topological polar surface area (TPSA) is 83.6 Å². The van der Waals surface area contributed by atoms with Crippen molar-refractivity contribution < 1.29 is 27.2 Å². The van der Waals surface area contributed by atoms with E-state index in [0.29, 0.717) is 13.1 Å². The first-order valence-electron chi connectivity index (χ1n) is 10.4. The number of carbonyl (C=O) groups is 2. The van der Waals surface area contributed by atoms with E-state index < -0.39 is 18.1 Å². The molecule has 8 nitrogen and oxygen atoms in total. The van der Waals surface area contributed by atoms with Crippen LogP contribution in [0, 0.1) is 5.92 Å². The van der Waals surface area contributed by atoms with Gasteiger partial charge in [-0.1, -0.05) is 0 Å². The number of aromatic nitrogens is 2. The molecule has 1 N–H and O–H groups in total. The Balaban J connectivity index is 1.29. The van der Waals surface area contributed by atoms with Crippen LogP contribution in [-0.2, 0) is 0 Å². The van der Waals surface area contributed by atoms with Crippen LogP contribution in [-0.4, -0.2) is 69.8 Å². The van der Waals surface area contributed by atoms with Crippen molar-refractivity contribution in [3.63, 3.8) is 0 Å². The summed E-state index contributed by atoms with van der Waals surface area (Å²) in [6.45, 7) is 1.17. The molecule has 3 aliphatic rings. The van der Waals surface area contributed by atoms with Gasteiger partial charge >= 0.3 is 6.18 Å². The summed E-state index contributed by atoms with van der Waals surface area (Å²) in [5.41, 5.74) is -0.0148. The molecule has 31 heavy (non-hydrogen) atoms. The van der Waals surface area contributed by atoms with Gasteiger partial charge in [0.1, 0.15) is 5.82 Å². The first-order chi connectivity index (χ1) is 14.8. The van der Waals surface area contributed by atoms with Crippen LogP contribution in [0.25, 0.3) is 0 Å². The highest BCUT2D eigenvalue weighted by atomic mass is 19.4. The highest BCUT2D eigenvalue weighted by Crippen LogP contribution is 2.45. The molecule has 1 saturated carbocycles. The third-order valence-corrected chi connectivity index (χ3v) is 6.22. The predicted octanol–water partition coefficient (Wildman–Crippen LogP) is 2.77. The Labute approximate surface area is 176 Å². The van der Waals surface area contributed by atoms with Crippen LogP contribution in [0.5, 0.6) is 0 Å². The summed E-state index contributed by atoms with van der Waals surface area (Å²) in [5.74, 6) is 0.0273. The summed E-state index contributed by atoms with van der Waals surface area (Å²) in [4.78, 5) is 28.4. The van der Waals surface area contributed by atoms with E-state index in [1.54, 1.807) is 17.0 Å². The maximum absolute atomic E-state index is 13.6. The normalized spacial score (nSPS) is 24.0. The minimum atomic E-state index is -4.44. The maximum atomic E-state index is 13.6. The number of furan rings is 1. The van der Waals surface area contributed by atoms with Crippen molar-refractivity contribution in [3.05, 3.63) is 35.9 Å². The number of hydrogen-bond donors (Lipinski definition) is 1. The van der Waals surface area contributed by atoms with E-state index in [1.807, 2.05) is 0 Å². The van der Waals surface area contributed by atoms with Gasteiger partial charge in [0.25, 0.3) is 11.8 Å². The largest absolute Gasteiger partial charge is 0.459 e. The number of rotatable bonds is 3. The maximum Gasteiger partial charge on any atom is 0.410 e. The molecule has 1 saturated heterocycles. The predicted molar refractivity (Wildman–Crippen MR) is 103 cm³/mol. The third kappa shape index (κ3) is 3.77. The van der Waals surface area contributed by atoms with E-state index in [0.717, 1.165) is 17.5 Å². The van der Waals surface area contributed by atoms with Gasteiger partial charge in [0.05, 0.1) is 6.26 Å². The van der Waals surface area contributed by atoms with E-state index in [9.17, 15) is 22.8 Å². The van der Waals surface area contributed by atoms with Gasteiger partial charge in [0.15, 0.2) is 17.5 Å². The molecule has 4 heterocycles. The van der Waals surface area contributed by atoms with Gasteiger partial charge in [-0.15, -0.1) is 0 Å². The zero-order valence-electron chi connectivity index (χ0n) is 16.6. The van der Waals surface area contributed by atoms with Crippen molar-refractivity contribution in [1.82, 2.24) is 19.6 Å². The molecule has 0 spiro atoms. The lowest BCUT2D eigenvalue weighted by Crippen LogP contribution is -2.50. The fourth-order valence-corrected chi connectivity index (χ4v) is 4.35. The number of fused-ring (bicyclic) bond motifs is 1. The summed E-state index contributed by atoms with van der Waals surface area (Å²) < 4.78 is 47.0. The second-order valence-corrected chi connectivity index (χ2v) is 8.30. The number of piperazine rings is 1. The van der Waals surface area contributed by atoms with Gasteiger partial charge in [-0.25, -0.2) is 4.68 Å². The van der Waals surface area contributed by atoms with Gasteiger partial charge in [0, 0.05) is 38.3 Å². The molecular weight excluding hydrogens is 415 g/mol. The number of halogens is 3. The number of anilines is 1. The molecule has 2 amide bonds. The molecule has 1 aliphatic carbocycles. The van der Waals surface area contributed by atoms with E-state index in [-0.39, 0.29) is 54.6 Å². The standard InChI is InChI=1S/C20H22F3N5O3/c21-20(22,23)16-10-13(12-3-4-12)24-17-11-14(25-28(16)17)18(29)26-5-7-27(8-6-26)19(30)15-2-1-9-31-15/h1-2,9,11-13,16,24H,3-8,10H2/t13-,16+/m1/s1. The van der Waals surface area contributed by atoms with Crippen LogP contribution in [0.15, 0.2) is 28.9 Å². The summed E-state index contributed by atoms with van der Waals surface area (Å²) in [6.07, 6.45) is -1.26. The first-order valence-corrected chi connectivity index (χ1v) is 10.4. The molecule has 166 valence electrons. The fraction of sp³-hybridized carbons (Fsp3) is 0.550. The SMILES string of the molecule is O=C(c1cc2n(n1)[C@H](C(F)(F)F)C[C@H](C1CC1)N2)N1CCN(C(=O)c2ccco2)CC1. The second kappa shape index (κ2) is 7.31. The average molecular weight is 437 g/mol. The van der Waals surface area contributed by atoms with Gasteiger partial charge < -0.3 is 19.5 Å². The molecule has 2 aliphatic heterocycles. The average Bonchev–Trinajstić information content (AvgIpc) is 3.28. The molecule has 2 aromatic rings. The van der Waals surface area contributed by atoms with Crippen molar-refractivity contribution in [1.29, 1.82) is 0 Å². The number of carbonyl (C=O) groups excluding carboxylic acids is 2. The zero-order valence-corrected chi connectivity index (χ0v) is 16.6. The lowest BCUT2D eigenvalue weighted by atomic mass is 10.0. The lowest BCUT2D eigenvalue weighted by molar-refractivity contribution is -0.174. The molecule has 5 rings (SSSR count). The minimum Gasteiger partial charge on any atom is -0.459 e. The summed E-state index contributed by atoms with van der Waals surface area (Å²) in [5, 5.41) is 7.17. The van der Waals surface area contributed by atoms with Gasteiger partial charge in [-0.05, 0) is 37.3 Å². The third-order valence-electron chi connectivity index (χ3n) is 6.22. The van der Waals surface area contributed by atoms with Crippen LogP contribution in [0.3, 0.4) is 0 Å². The van der Waals surface area contributed by atoms with Gasteiger partial charge in [-0.3, -0.25) is 9.59 Å². The van der Waals surface area contributed by atoms with Crippen molar-refractivity contribution in [3.8, 4) is 0 Å². The highest BCUT2D eigenvalue weighted by molar-refractivity contribution is 5.94. The van der Waals surface area contributed by atoms with Crippen molar-refractivity contribution in [2.75, 3.05) is 31.5 Å². The van der Waals surface area contributed by atoms with E-state index >= 15 is 0 Å². The summed E-state index contributed by atoms with van der Waals surface area (Å²) in [6, 6.07) is 2.63. The Morgan fingerprint density at radius 2 is 1.77 bits per heavy atom. The van der Waals surface area contributed by atoms with Crippen LogP contribution in [0.4, 0.5) is 19.0 Å². The van der Waals surface area contributed by atoms with Crippen LogP contribution >= 0.6 is 0 Å². The molecule has 0 aromatic carbocycles. The highest BCUT2D eigenvalue weighted by Gasteiger charge is 2.49. The molecule has 2 aromatic heterocycles. The number of nitrogens with one attached hydrogen (secondary N) is 1. The monoisotopic (exact) mass is 437 g/mol. The Hall–Kier alpha value is -2.98. The quantitative estimate of drug-likeness (QED) is 0.799.